The molecule has 0 saturated heterocycles. The highest BCUT2D eigenvalue weighted by Gasteiger charge is 2.36. The first kappa shape index (κ1) is 11.9. The molecule has 90 valence electrons. The van der Waals surface area contributed by atoms with Crippen molar-refractivity contribution < 1.29 is 8.63 Å². The SMILES string of the molecule is CC1CC1c1ccc(CNCCS(C)=O)o1. The molecule has 0 bridgehead atoms. The standard InChI is InChI=1S/C12H19NO2S/c1-9-7-11(9)12-4-3-10(15-12)8-13-5-6-16(2)14/h3-4,9,11,13H,5-8H2,1-2H3. The van der Waals surface area contributed by atoms with Crippen molar-refractivity contribution in [2.24, 2.45) is 5.92 Å². The van der Waals surface area contributed by atoms with Gasteiger partial charge in [-0.05, 0) is 24.5 Å². The Balaban J connectivity index is 1.73. The van der Waals surface area contributed by atoms with E-state index in [1.54, 1.807) is 6.26 Å². The number of furan rings is 1. The first-order valence-electron chi connectivity index (χ1n) is 5.76. The van der Waals surface area contributed by atoms with Gasteiger partial charge in [0.1, 0.15) is 11.5 Å². The molecule has 1 heterocycles. The van der Waals surface area contributed by atoms with Gasteiger partial charge in [-0.2, -0.15) is 0 Å². The van der Waals surface area contributed by atoms with Gasteiger partial charge in [0.2, 0.25) is 0 Å². The van der Waals surface area contributed by atoms with Crippen molar-refractivity contribution in [3.8, 4) is 0 Å². The van der Waals surface area contributed by atoms with E-state index in [1.807, 2.05) is 6.07 Å². The van der Waals surface area contributed by atoms with Crippen molar-refractivity contribution in [3.05, 3.63) is 23.7 Å². The molecule has 0 aliphatic heterocycles. The van der Waals surface area contributed by atoms with E-state index in [9.17, 15) is 4.21 Å². The normalized spacial score (nSPS) is 25.6. The zero-order valence-corrected chi connectivity index (χ0v) is 10.7. The summed E-state index contributed by atoms with van der Waals surface area (Å²) in [6.07, 6.45) is 2.98. The van der Waals surface area contributed by atoms with Crippen LogP contribution in [0.3, 0.4) is 0 Å². The minimum atomic E-state index is -0.713. The van der Waals surface area contributed by atoms with Gasteiger partial charge in [-0.1, -0.05) is 6.92 Å². The smallest absolute Gasteiger partial charge is 0.117 e. The second-order valence-electron chi connectivity index (χ2n) is 4.58. The second kappa shape index (κ2) is 5.15. The minimum Gasteiger partial charge on any atom is -0.464 e. The molecular formula is C12H19NO2S. The Labute approximate surface area is 99.1 Å². The number of nitrogens with one attached hydrogen (secondary N) is 1. The largest absolute Gasteiger partial charge is 0.464 e. The van der Waals surface area contributed by atoms with E-state index < -0.39 is 10.8 Å². The molecule has 1 N–H and O–H groups in total. The van der Waals surface area contributed by atoms with Gasteiger partial charge in [-0.25, -0.2) is 0 Å². The van der Waals surface area contributed by atoms with Gasteiger partial charge >= 0.3 is 0 Å². The van der Waals surface area contributed by atoms with Crippen LogP contribution in [0.2, 0.25) is 0 Å². The zero-order chi connectivity index (χ0) is 11.5. The van der Waals surface area contributed by atoms with Crippen molar-refractivity contribution in [2.75, 3.05) is 18.6 Å². The van der Waals surface area contributed by atoms with E-state index >= 15 is 0 Å². The van der Waals surface area contributed by atoms with E-state index in [4.69, 9.17) is 4.42 Å². The van der Waals surface area contributed by atoms with Crippen LogP contribution in [0.1, 0.15) is 30.8 Å². The third kappa shape index (κ3) is 3.19. The quantitative estimate of drug-likeness (QED) is 0.773. The number of rotatable bonds is 6. The first-order chi connectivity index (χ1) is 7.66. The molecule has 1 saturated carbocycles. The van der Waals surface area contributed by atoms with E-state index in [-0.39, 0.29) is 0 Å². The van der Waals surface area contributed by atoms with Gasteiger partial charge in [0.25, 0.3) is 0 Å². The molecule has 0 aromatic carbocycles. The fraction of sp³-hybridized carbons (Fsp3) is 0.667. The zero-order valence-electron chi connectivity index (χ0n) is 9.86. The van der Waals surface area contributed by atoms with Crippen LogP contribution in [-0.2, 0) is 17.3 Å². The highest BCUT2D eigenvalue weighted by Crippen LogP contribution is 2.47. The summed E-state index contributed by atoms with van der Waals surface area (Å²) in [4.78, 5) is 0. The lowest BCUT2D eigenvalue weighted by atomic mass is 10.3. The minimum absolute atomic E-state index is 0.650. The molecule has 4 heteroatoms. The van der Waals surface area contributed by atoms with Gasteiger partial charge in [0, 0.05) is 35.3 Å². The summed E-state index contributed by atoms with van der Waals surface area (Å²) in [5.41, 5.74) is 0. The predicted octanol–water partition coefficient (Wildman–Crippen LogP) is 1.87. The van der Waals surface area contributed by atoms with Crippen molar-refractivity contribution in [3.63, 3.8) is 0 Å². The highest BCUT2D eigenvalue weighted by atomic mass is 32.2. The third-order valence-corrected chi connectivity index (χ3v) is 3.80. The van der Waals surface area contributed by atoms with Crippen LogP contribution in [0.5, 0.6) is 0 Å². The Morgan fingerprint density at radius 3 is 2.94 bits per heavy atom. The molecule has 0 radical (unpaired) electrons. The summed E-state index contributed by atoms with van der Waals surface area (Å²) < 4.78 is 16.6. The van der Waals surface area contributed by atoms with E-state index in [1.165, 1.54) is 6.42 Å². The van der Waals surface area contributed by atoms with Crippen LogP contribution >= 0.6 is 0 Å². The maximum atomic E-state index is 10.8. The lowest BCUT2D eigenvalue weighted by Crippen LogP contribution is -2.19. The van der Waals surface area contributed by atoms with Crippen molar-refractivity contribution in [2.45, 2.75) is 25.8 Å². The summed E-state index contributed by atoms with van der Waals surface area (Å²) in [6, 6.07) is 4.12. The van der Waals surface area contributed by atoms with Gasteiger partial charge in [0.05, 0.1) is 6.54 Å². The fourth-order valence-electron chi connectivity index (χ4n) is 1.83. The van der Waals surface area contributed by atoms with Gasteiger partial charge < -0.3 is 9.73 Å². The summed E-state index contributed by atoms with van der Waals surface area (Å²) in [7, 11) is -0.713. The Morgan fingerprint density at radius 1 is 1.56 bits per heavy atom. The fourth-order valence-corrected chi connectivity index (χ4v) is 2.27. The summed E-state index contributed by atoms with van der Waals surface area (Å²) in [5, 5.41) is 3.23. The van der Waals surface area contributed by atoms with Crippen molar-refractivity contribution in [1.82, 2.24) is 5.32 Å². The Hall–Kier alpha value is -0.610. The highest BCUT2D eigenvalue weighted by molar-refractivity contribution is 7.84. The molecule has 1 aromatic rings. The molecule has 1 aliphatic carbocycles. The number of hydrogen-bond acceptors (Lipinski definition) is 3. The molecule has 3 nitrogen and oxygen atoms in total. The molecule has 16 heavy (non-hydrogen) atoms. The van der Waals surface area contributed by atoms with Crippen LogP contribution in [0.4, 0.5) is 0 Å². The van der Waals surface area contributed by atoms with Gasteiger partial charge in [-0.15, -0.1) is 0 Å². The van der Waals surface area contributed by atoms with Gasteiger partial charge in [-0.3, -0.25) is 4.21 Å². The van der Waals surface area contributed by atoms with Crippen LogP contribution in [-0.4, -0.2) is 22.8 Å². The second-order valence-corrected chi connectivity index (χ2v) is 6.13. The molecular weight excluding hydrogens is 222 g/mol. The summed E-state index contributed by atoms with van der Waals surface area (Å²) in [6.45, 7) is 3.76. The summed E-state index contributed by atoms with van der Waals surface area (Å²) in [5.74, 6) is 4.25. The molecule has 1 aliphatic rings. The van der Waals surface area contributed by atoms with E-state index in [0.29, 0.717) is 11.7 Å². The van der Waals surface area contributed by atoms with E-state index in [0.717, 1.165) is 30.5 Å². The van der Waals surface area contributed by atoms with Crippen LogP contribution in [0, 0.1) is 5.92 Å². The lowest BCUT2D eigenvalue weighted by molar-refractivity contribution is 0.447. The lowest BCUT2D eigenvalue weighted by Gasteiger charge is -2.00. The van der Waals surface area contributed by atoms with Crippen LogP contribution in [0.25, 0.3) is 0 Å². The molecule has 1 fully saturated rings. The molecule has 1 aromatic heterocycles. The maximum Gasteiger partial charge on any atom is 0.117 e. The Morgan fingerprint density at radius 2 is 2.31 bits per heavy atom. The predicted molar refractivity (Wildman–Crippen MR) is 65.9 cm³/mol. The van der Waals surface area contributed by atoms with E-state index in [2.05, 4.69) is 18.3 Å². The van der Waals surface area contributed by atoms with Crippen LogP contribution < -0.4 is 5.32 Å². The molecule has 3 unspecified atom stereocenters. The average Bonchev–Trinajstić information content (AvgIpc) is 2.79. The van der Waals surface area contributed by atoms with Gasteiger partial charge in [0.15, 0.2) is 0 Å². The maximum absolute atomic E-state index is 10.8. The molecule has 0 spiro atoms. The van der Waals surface area contributed by atoms with Crippen molar-refractivity contribution >= 4 is 10.8 Å². The topological polar surface area (TPSA) is 42.2 Å². The average molecular weight is 241 g/mol. The van der Waals surface area contributed by atoms with Crippen LogP contribution in [0.15, 0.2) is 16.5 Å². The number of hydrogen-bond donors (Lipinski definition) is 1. The third-order valence-electron chi connectivity index (χ3n) is 3.02. The van der Waals surface area contributed by atoms with Crippen molar-refractivity contribution in [1.29, 1.82) is 0 Å². The summed E-state index contributed by atoms with van der Waals surface area (Å²) >= 11 is 0. The molecule has 3 atom stereocenters. The Kier molecular flexibility index (Phi) is 3.82. The first-order valence-corrected chi connectivity index (χ1v) is 7.49. The Bertz CT molecular complexity index is 375. The molecule has 0 amide bonds. The monoisotopic (exact) mass is 241 g/mol. The molecule has 2 rings (SSSR count).